The Morgan fingerprint density at radius 3 is 2.47 bits per heavy atom. The number of rotatable bonds is 3. The molecular formula is C13H11FN2O3. The fourth-order valence-corrected chi connectivity index (χ4v) is 1.94. The summed E-state index contributed by atoms with van der Waals surface area (Å²) in [5.41, 5.74) is 0.728. The zero-order chi connectivity index (χ0) is 14.2. The number of aromatic nitrogens is 2. The number of ketones is 1. The lowest BCUT2D eigenvalue weighted by molar-refractivity contribution is -0.131. The molecule has 6 heteroatoms. The highest BCUT2D eigenvalue weighted by Gasteiger charge is 2.24. The lowest BCUT2D eigenvalue weighted by Crippen LogP contribution is -2.14. The van der Waals surface area contributed by atoms with Crippen molar-refractivity contribution in [3.05, 3.63) is 47.0 Å². The van der Waals surface area contributed by atoms with Gasteiger partial charge < -0.3 is 5.11 Å². The molecule has 2 rings (SSSR count). The molecule has 0 aliphatic carbocycles. The first-order valence-electron chi connectivity index (χ1n) is 5.52. The van der Waals surface area contributed by atoms with Gasteiger partial charge in [-0.05, 0) is 26.0 Å². The number of hydrogen-bond acceptors (Lipinski definition) is 3. The summed E-state index contributed by atoms with van der Waals surface area (Å²) in [6, 6.07) is 5.94. The molecule has 0 aliphatic rings. The smallest absolute Gasteiger partial charge is 0.377 e. The first-order valence-corrected chi connectivity index (χ1v) is 5.52. The Hall–Kier alpha value is -2.50. The van der Waals surface area contributed by atoms with E-state index in [1.54, 1.807) is 6.07 Å². The standard InChI is InChI=1S/C13H11FN2O3/c1-7-11(12(17)13(18)19)8(2)16(15-7)10-6-4-3-5-9(10)14/h3-6H,1-2H3,(H,18,19). The van der Waals surface area contributed by atoms with E-state index >= 15 is 0 Å². The second kappa shape index (κ2) is 4.64. The predicted octanol–water partition coefficient (Wildman–Crippen LogP) is 1.90. The van der Waals surface area contributed by atoms with Crippen LogP contribution < -0.4 is 0 Å². The van der Waals surface area contributed by atoms with Crippen LogP contribution in [0.5, 0.6) is 0 Å². The zero-order valence-electron chi connectivity index (χ0n) is 10.3. The van der Waals surface area contributed by atoms with Gasteiger partial charge in [-0.15, -0.1) is 0 Å². The number of halogens is 1. The van der Waals surface area contributed by atoms with E-state index in [1.165, 1.54) is 36.7 Å². The van der Waals surface area contributed by atoms with E-state index in [9.17, 15) is 14.0 Å². The summed E-state index contributed by atoms with van der Waals surface area (Å²) < 4.78 is 14.9. The van der Waals surface area contributed by atoms with Gasteiger partial charge >= 0.3 is 5.97 Å². The lowest BCUT2D eigenvalue weighted by Gasteiger charge is -2.05. The Bertz CT molecular complexity index is 677. The van der Waals surface area contributed by atoms with Crippen molar-refractivity contribution in [1.29, 1.82) is 0 Å². The van der Waals surface area contributed by atoms with Crippen molar-refractivity contribution >= 4 is 11.8 Å². The van der Waals surface area contributed by atoms with Gasteiger partial charge in [0.15, 0.2) is 0 Å². The van der Waals surface area contributed by atoms with Crippen molar-refractivity contribution in [2.45, 2.75) is 13.8 Å². The van der Waals surface area contributed by atoms with Crippen molar-refractivity contribution in [3.8, 4) is 5.69 Å². The summed E-state index contributed by atoms with van der Waals surface area (Å²) in [4.78, 5) is 22.3. The van der Waals surface area contributed by atoms with E-state index in [4.69, 9.17) is 5.11 Å². The number of hydrogen-bond donors (Lipinski definition) is 1. The average Bonchev–Trinajstić information content (AvgIpc) is 2.64. The minimum Gasteiger partial charge on any atom is -0.475 e. The van der Waals surface area contributed by atoms with Gasteiger partial charge in [0.2, 0.25) is 0 Å². The normalized spacial score (nSPS) is 10.5. The Labute approximate surface area is 108 Å². The van der Waals surface area contributed by atoms with Gasteiger partial charge in [0, 0.05) is 0 Å². The number of carbonyl (C=O) groups excluding carboxylic acids is 1. The van der Waals surface area contributed by atoms with E-state index in [1.807, 2.05) is 0 Å². The minimum atomic E-state index is -1.56. The van der Waals surface area contributed by atoms with Crippen molar-refractivity contribution in [1.82, 2.24) is 9.78 Å². The van der Waals surface area contributed by atoms with E-state index in [0.717, 1.165) is 0 Å². The molecule has 2 aromatic rings. The van der Waals surface area contributed by atoms with Crippen molar-refractivity contribution < 1.29 is 19.1 Å². The van der Waals surface area contributed by atoms with Crippen LogP contribution in [-0.4, -0.2) is 26.6 Å². The molecule has 0 bridgehead atoms. The number of aryl methyl sites for hydroxylation is 1. The zero-order valence-corrected chi connectivity index (χ0v) is 10.3. The molecule has 1 aromatic carbocycles. The first-order chi connectivity index (χ1) is 8.93. The number of para-hydroxylation sites is 1. The quantitative estimate of drug-likeness (QED) is 0.677. The molecule has 0 fully saturated rings. The molecule has 19 heavy (non-hydrogen) atoms. The number of nitrogens with zero attached hydrogens (tertiary/aromatic N) is 2. The van der Waals surface area contributed by atoms with Gasteiger partial charge in [0.25, 0.3) is 5.78 Å². The van der Waals surface area contributed by atoms with Gasteiger partial charge in [-0.2, -0.15) is 5.10 Å². The molecule has 0 radical (unpaired) electrons. The van der Waals surface area contributed by atoms with Crippen molar-refractivity contribution in [3.63, 3.8) is 0 Å². The number of benzene rings is 1. The monoisotopic (exact) mass is 262 g/mol. The molecule has 0 saturated heterocycles. The van der Waals surface area contributed by atoms with Gasteiger partial charge in [-0.25, -0.2) is 13.9 Å². The van der Waals surface area contributed by atoms with E-state index < -0.39 is 17.6 Å². The fraction of sp³-hybridized carbons (Fsp3) is 0.154. The highest BCUT2D eigenvalue weighted by Crippen LogP contribution is 2.20. The van der Waals surface area contributed by atoms with Gasteiger partial charge in [-0.3, -0.25) is 4.79 Å². The van der Waals surface area contributed by atoms with Crippen molar-refractivity contribution in [2.24, 2.45) is 0 Å². The second-order valence-electron chi connectivity index (χ2n) is 4.04. The molecule has 0 spiro atoms. The number of Topliss-reactive ketones (excluding diaryl/α,β-unsaturated/α-hetero) is 1. The van der Waals surface area contributed by atoms with Gasteiger partial charge in [-0.1, -0.05) is 12.1 Å². The lowest BCUT2D eigenvalue weighted by atomic mass is 10.1. The molecule has 1 heterocycles. The molecule has 1 N–H and O–H groups in total. The molecule has 0 amide bonds. The number of carbonyl (C=O) groups is 2. The summed E-state index contributed by atoms with van der Waals surface area (Å²) in [7, 11) is 0. The summed E-state index contributed by atoms with van der Waals surface area (Å²) in [5, 5.41) is 12.8. The highest BCUT2D eigenvalue weighted by atomic mass is 19.1. The van der Waals surface area contributed by atoms with Crippen LogP contribution in [0.15, 0.2) is 24.3 Å². The summed E-state index contributed by atoms with van der Waals surface area (Å²) in [6.45, 7) is 3.04. The molecule has 0 atom stereocenters. The summed E-state index contributed by atoms with van der Waals surface area (Å²) in [6.07, 6.45) is 0. The molecule has 0 saturated carbocycles. The Balaban J connectivity index is 2.63. The van der Waals surface area contributed by atoms with Crippen LogP contribution >= 0.6 is 0 Å². The van der Waals surface area contributed by atoms with Crippen LogP contribution in [0.3, 0.4) is 0 Å². The Morgan fingerprint density at radius 2 is 1.89 bits per heavy atom. The molecule has 0 aliphatic heterocycles. The maximum Gasteiger partial charge on any atom is 0.377 e. The van der Waals surface area contributed by atoms with E-state index in [0.29, 0.717) is 5.69 Å². The molecule has 98 valence electrons. The largest absolute Gasteiger partial charge is 0.475 e. The SMILES string of the molecule is Cc1nn(-c2ccccc2F)c(C)c1C(=O)C(=O)O. The molecular weight excluding hydrogens is 251 g/mol. The average molecular weight is 262 g/mol. The molecule has 0 unspecified atom stereocenters. The predicted molar refractivity (Wildman–Crippen MR) is 65.0 cm³/mol. The van der Waals surface area contributed by atoms with E-state index in [2.05, 4.69) is 5.10 Å². The Morgan fingerprint density at radius 1 is 1.26 bits per heavy atom. The molecule has 1 aromatic heterocycles. The first kappa shape index (κ1) is 12.9. The maximum atomic E-state index is 13.7. The van der Waals surface area contributed by atoms with Crippen LogP contribution in [0.2, 0.25) is 0 Å². The Kier molecular flexibility index (Phi) is 3.16. The number of carboxylic acids is 1. The topological polar surface area (TPSA) is 72.2 Å². The van der Waals surface area contributed by atoms with Crippen LogP contribution in [0.4, 0.5) is 4.39 Å². The van der Waals surface area contributed by atoms with Crippen LogP contribution in [0, 0.1) is 19.7 Å². The van der Waals surface area contributed by atoms with Crippen LogP contribution in [-0.2, 0) is 4.79 Å². The van der Waals surface area contributed by atoms with Crippen LogP contribution in [0.25, 0.3) is 5.69 Å². The third-order valence-electron chi connectivity index (χ3n) is 2.79. The highest BCUT2D eigenvalue weighted by molar-refractivity contribution is 6.40. The van der Waals surface area contributed by atoms with Crippen molar-refractivity contribution in [2.75, 3.05) is 0 Å². The van der Waals surface area contributed by atoms with Gasteiger partial charge in [0.05, 0.1) is 17.0 Å². The van der Waals surface area contributed by atoms with Gasteiger partial charge in [0.1, 0.15) is 11.5 Å². The maximum absolute atomic E-state index is 13.7. The summed E-state index contributed by atoms with van der Waals surface area (Å²) >= 11 is 0. The third-order valence-corrected chi connectivity index (χ3v) is 2.79. The van der Waals surface area contributed by atoms with Crippen LogP contribution in [0.1, 0.15) is 21.7 Å². The number of carboxylic acid groups (broad SMARTS) is 1. The fourth-order valence-electron chi connectivity index (χ4n) is 1.94. The number of aliphatic carboxylic acids is 1. The van der Waals surface area contributed by atoms with E-state index in [-0.39, 0.29) is 16.9 Å². The minimum absolute atomic E-state index is 0.00393. The summed E-state index contributed by atoms with van der Waals surface area (Å²) in [5.74, 6) is -3.10. The third kappa shape index (κ3) is 2.12. The second-order valence-corrected chi connectivity index (χ2v) is 4.04. The molecule has 5 nitrogen and oxygen atoms in total.